The smallest absolute Gasteiger partial charge is 0.139 e. The molecule has 8 nitrogen and oxygen atoms in total. The highest BCUT2D eigenvalue weighted by Gasteiger charge is 2.30. The number of rotatable bonds is 5. The Bertz CT molecular complexity index is 1080. The van der Waals surface area contributed by atoms with Crippen LogP contribution >= 0.6 is 0 Å². The van der Waals surface area contributed by atoms with Crippen molar-refractivity contribution in [2.45, 2.75) is 18.4 Å². The number of anilines is 2. The number of hydrogen-bond acceptors (Lipinski definition) is 8. The van der Waals surface area contributed by atoms with Gasteiger partial charge in [0.2, 0.25) is 0 Å². The van der Waals surface area contributed by atoms with E-state index in [2.05, 4.69) is 19.9 Å². The summed E-state index contributed by atoms with van der Waals surface area (Å²) >= 11 is 0. The fourth-order valence-corrected chi connectivity index (χ4v) is 3.50. The summed E-state index contributed by atoms with van der Waals surface area (Å²) in [6.07, 6.45) is 6.97. The van der Waals surface area contributed by atoms with Gasteiger partial charge < -0.3 is 21.2 Å². The van der Waals surface area contributed by atoms with Gasteiger partial charge in [0.25, 0.3) is 0 Å². The molecule has 0 aromatic carbocycles. The molecule has 1 fully saturated rings. The van der Waals surface area contributed by atoms with Gasteiger partial charge in [-0.15, -0.1) is 0 Å². The van der Waals surface area contributed by atoms with E-state index in [1.54, 1.807) is 30.7 Å². The van der Waals surface area contributed by atoms with Crippen molar-refractivity contribution in [1.29, 1.82) is 5.41 Å². The summed E-state index contributed by atoms with van der Waals surface area (Å²) in [6, 6.07) is 11.1. The number of carbonyl (C=O) groups is 1. The van der Waals surface area contributed by atoms with Crippen LogP contribution in [0.5, 0.6) is 0 Å². The molecule has 8 heteroatoms. The third-order valence-corrected chi connectivity index (χ3v) is 5.41. The molecule has 0 bridgehead atoms. The molecule has 30 heavy (non-hydrogen) atoms. The molecule has 0 saturated carbocycles. The van der Waals surface area contributed by atoms with Crippen LogP contribution in [0.1, 0.15) is 24.1 Å². The second-order valence-electron chi connectivity index (χ2n) is 7.49. The van der Waals surface area contributed by atoms with E-state index in [1.807, 2.05) is 24.3 Å². The number of piperidine rings is 1. The molecule has 0 aliphatic carbocycles. The number of aromatic nitrogens is 3. The van der Waals surface area contributed by atoms with E-state index >= 15 is 0 Å². The standard InChI is InChI=1S/C22H23N7O/c23-17-13-27-19(15-3-2-8-26-12-15)11-16(17)21(24)18-4-1-5-20(28-18)29-9-6-22(25,14-30)7-10-29/h1-5,8,11-14,24H,6-7,9-10,23,25H2. The summed E-state index contributed by atoms with van der Waals surface area (Å²) in [6.45, 7) is 1.28. The summed E-state index contributed by atoms with van der Waals surface area (Å²) in [5.74, 6) is 0.755. The summed E-state index contributed by atoms with van der Waals surface area (Å²) < 4.78 is 0. The minimum absolute atomic E-state index is 0.222. The van der Waals surface area contributed by atoms with Gasteiger partial charge >= 0.3 is 0 Å². The molecule has 4 heterocycles. The number of nitrogens with one attached hydrogen (secondary N) is 1. The van der Waals surface area contributed by atoms with E-state index < -0.39 is 5.54 Å². The van der Waals surface area contributed by atoms with Crippen LogP contribution in [0.15, 0.2) is 55.0 Å². The molecule has 3 aromatic heterocycles. The lowest BCUT2D eigenvalue weighted by Gasteiger charge is -2.36. The SMILES string of the molecule is N=C(c1cccc(N2CCC(N)(C=O)CC2)n1)c1cc(-c2cccnc2)ncc1N. The number of nitrogens with two attached hydrogens (primary N) is 2. The molecular formula is C22H23N7O. The largest absolute Gasteiger partial charge is 0.397 e. The topological polar surface area (TPSA) is 135 Å². The highest BCUT2D eigenvalue weighted by Crippen LogP contribution is 2.25. The minimum Gasteiger partial charge on any atom is -0.397 e. The maximum Gasteiger partial charge on any atom is 0.139 e. The van der Waals surface area contributed by atoms with Crippen LogP contribution < -0.4 is 16.4 Å². The second kappa shape index (κ2) is 8.00. The van der Waals surface area contributed by atoms with Crippen molar-refractivity contribution >= 4 is 23.5 Å². The van der Waals surface area contributed by atoms with Crippen molar-refractivity contribution in [2.75, 3.05) is 23.7 Å². The molecular weight excluding hydrogens is 378 g/mol. The molecule has 3 aromatic rings. The lowest BCUT2D eigenvalue weighted by atomic mass is 9.90. The van der Waals surface area contributed by atoms with Gasteiger partial charge in [-0.05, 0) is 43.2 Å². The molecule has 5 N–H and O–H groups in total. The molecule has 1 aliphatic heterocycles. The van der Waals surface area contributed by atoms with Crippen LogP contribution in [-0.2, 0) is 4.79 Å². The Balaban J connectivity index is 1.60. The third kappa shape index (κ3) is 3.90. The number of carbonyl (C=O) groups excluding carboxylic acids is 1. The molecule has 152 valence electrons. The van der Waals surface area contributed by atoms with Gasteiger partial charge in [-0.1, -0.05) is 6.07 Å². The Kier molecular flexibility index (Phi) is 5.24. The maximum absolute atomic E-state index is 11.2. The van der Waals surface area contributed by atoms with Crippen LogP contribution in [0.2, 0.25) is 0 Å². The van der Waals surface area contributed by atoms with Crippen molar-refractivity contribution in [1.82, 2.24) is 15.0 Å². The lowest BCUT2D eigenvalue weighted by molar-refractivity contribution is -0.112. The molecule has 0 atom stereocenters. The Hall–Kier alpha value is -3.65. The molecule has 1 saturated heterocycles. The normalized spacial score (nSPS) is 15.6. The molecule has 0 unspecified atom stereocenters. The van der Waals surface area contributed by atoms with Crippen LogP contribution in [0.3, 0.4) is 0 Å². The van der Waals surface area contributed by atoms with E-state index in [9.17, 15) is 4.79 Å². The van der Waals surface area contributed by atoms with Gasteiger partial charge in [0.15, 0.2) is 0 Å². The van der Waals surface area contributed by atoms with Crippen molar-refractivity contribution < 1.29 is 4.79 Å². The van der Waals surface area contributed by atoms with Crippen LogP contribution in [-0.4, -0.2) is 45.6 Å². The van der Waals surface area contributed by atoms with Crippen molar-refractivity contribution in [3.8, 4) is 11.3 Å². The maximum atomic E-state index is 11.2. The van der Waals surface area contributed by atoms with Crippen LogP contribution in [0.25, 0.3) is 11.3 Å². The van der Waals surface area contributed by atoms with Gasteiger partial charge in [0.1, 0.15) is 12.1 Å². The first-order chi connectivity index (χ1) is 14.5. The fraction of sp³-hybridized carbons (Fsp3) is 0.227. The molecule has 0 amide bonds. The zero-order valence-electron chi connectivity index (χ0n) is 16.5. The Morgan fingerprint density at radius 2 is 1.97 bits per heavy atom. The summed E-state index contributed by atoms with van der Waals surface area (Å²) in [5, 5.41) is 8.70. The average Bonchev–Trinajstić information content (AvgIpc) is 2.80. The quantitative estimate of drug-likeness (QED) is 0.440. The molecule has 0 spiro atoms. The Morgan fingerprint density at radius 3 is 2.67 bits per heavy atom. The fourth-order valence-electron chi connectivity index (χ4n) is 3.50. The van der Waals surface area contributed by atoms with E-state index in [4.69, 9.17) is 16.9 Å². The van der Waals surface area contributed by atoms with Gasteiger partial charge in [-0.3, -0.25) is 15.4 Å². The van der Waals surface area contributed by atoms with E-state index in [-0.39, 0.29) is 5.71 Å². The first kappa shape index (κ1) is 19.7. The van der Waals surface area contributed by atoms with Crippen molar-refractivity contribution in [3.63, 3.8) is 0 Å². The molecule has 0 radical (unpaired) electrons. The van der Waals surface area contributed by atoms with Crippen LogP contribution in [0, 0.1) is 5.41 Å². The average molecular weight is 401 g/mol. The van der Waals surface area contributed by atoms with Gasteiger partial charge in [0.05, 0.1) is 34.5 Å². The zero-order valence-corrected chi connectivity index (χ0v) is 16.5. The van der Waals surface area contributed by atoms with E-state index in [0.29, 0.717) is 48.6 Å². The number of aldehydes is 1. The third-order valence-electron chi connectivity index (χ3n) is 5.41. The van der Waals surface area contributed by atoms with Crippen molar-refractivity contribution in [2.24, 2.45) is 5.73 Å². The number of hydrogen-bond donors (Lipinski definition) is 3. The monoisotopic (exact) mass is 401 g/mol. The van der Waals surface area contributed by atoms with Gasteiger partial charge in [-0.25, -0.2) is 4.98 Å². The van der Waals surface area contributed by atoms with Crippen LogP contribution in [0.4, 0.5) is 11.5 Å². The number of nitrogens with zero attached hydrogens (tertiary/aromatic N) is 4. The van der Waals surface area contributed by atoms with Gasteiger partial charge in [0, 0.05) is 36.6 Å². The van der Waals surface area contributed by atoms with Gasteiger partial charge in [-0.2, -0.15) is 0 Å². The Labute approximate surface area is 174 Å². The lowest BCUT2D eigenvalue weighted by Crippen LogP contribution is -2.51. The zero-order chi connectivity index (χ0) is 21.1. The first-order valence-corrected chi connectivity index (χ1v) is 9.71. The summed E-state index contributed by atoms with van der Waals surface area (Å²) in [4.78, 5) is 26.4. The van der Waals surface area contributed by atoms with E-state index in [0.717, 1.165) is 17.7 Å². The Morgan fingerprint density at radius 1 is 1.17 bits per heavy atom. The number of pyridine rings is 3. The second-order valence-corrected chi connectivity index (χ2v) is 7.49. The number of nitrogen functional groups attached to an aromatic ring is 1. The predicted octanol–water partition coefficient (Wildman–Crippen LogP) is 2.03. The summed E-state index contributed by atoms with van der Waals surface area (Å²) in [5.41, 5.74) is 14.7. The van der Waals surface area contributed by atoms with E-state index in [1.165, 1.54) is 0 Å². The first-order valence-electron chi connectivity index (χ1n) is 9.71. The summed E-state index contributed by atoms with van der Waals surface area (Å²) in [7, 11) is 0. The van der Waals surface area contributed by atoms with Crippen molar-refractivity contribution in [3.05, 3.63) is 66.2 Å². The molecule has 4 rings (SSSR count). The molecule has 1 aliphatic rings. The highest BCUT2D eigenvalue weighted by atomic mass is 16.1. The predicted molar refractivity (Wildman–Crippen MR) is 116 cm³/mol. The minimum atomic E-state index is -0.755. The highest BCUT2D eigenvalue weighted by molar-refractivity contribution is 6.13.